The lowest BCUT2D eigenvalue weighted by molar-refractivity contribution is 0.0954. The first-order valence-electron chi connectivity index (χ1n) is 7.99. The summed E-state index contributed by atoms with van der Waals surface area (Å²) in [6, 6.07) is 7.06. The topological polar surface area (TPSA) is 74.1 Å². The molecule has 1 amide bonds. The first-order valence-corrected chi connectivity index (χ1v) is 7.99. The molecule has 0 unspecified atom stereocenters. The maximum absolute atomic E-state index is 12.2. The molecule has 3 rings (SSSR count). The molecule has 1 aromatic carbocycles. The lowest BCUT2D eigenvalue weighted by Crippen LogP contribution is -2.17. The van der Waals surface area contributed by atoms with Crippen molar-refractivity contribution in [2.45, 2.75) is 20.4 Å². The largest absolute Gasteiger partial charge is 0.454 e. The van der Waals surface area contributed by atoms with Crippen molar-refractivity contribution in [2.75, 3.05) is 20.5 Å². The van der Waals surface area contributed by atoms with Gasteiger partial charge in [-0.05, 0) is 38.1 Å². The molecule has 0 atom stereocenters. The fourth-order valence-electron chi connectivity index (χ4n) is 2.75. The van der Waals surface area contributed by atoms with Crippen molar-refractivity contribution in [3.63, 3.8) is 0 Å². The van der Waals surface area contributed by atoms with E-state index >= 15 is 0 Å². The highest BCUT2D eigenvalue weighted by molar-refractivity contribution is 5.95. The maximum Gasteiger partial charge on any atom is 0.271 e. The van der Waals surface area contributed by atoms with Gasteiger partial charge in [-0.25, -0.2) is 5.43 Å². The molecule has 0 fully saturated rings. The van der Waals surface area contributed by atoms with Gasteiger partial charge in [0.15, 0.2) is 11.5 Å². The summed E-state index contributed by atoms with van der Waals surface area (Å²) < 4.78 is 17.8. The highest BCUT2D eigenvalue weighted by atomic mass is 16.7. The Bertz CT molecular complexity index is 811. The van der Waals surface area contributed by atoms with E-state index in [9.17, 15) is 4.79 Å². The molecule has 1 aliphatic heterocycles. The summed E-state index contributed by atoms with van der Waals surface area (Å²) in [4.78, 5) is 12.2. The molecule has 25 heavy (non-hydrogen) atoms. The van der Waals surface area contributed by atoms with Crippen LogP contribution in [0.2, 0.25) is 0 Å². The summed E-state index contributed by atoms with van der Waals surface area (Å²) in [6.45, 7) is 5.66. The van der Waals surface area contributed by atoms with Crippen LogP contribution in [-0.4, -0.2) is 37.2 Å². The fraction of sp³-hybridized carbons (Fsp3) is 0.333. The normalized spacial score (nSPS) is 12.8. The van der Waals surface area contributed by atoms with Crippen LogP contribution in [0.3, 0.4) is 0 Å². The summed E-state index contributed by atoms with van der Waals surface area (Å²) in [5.74, 6) is 0.907. The van der Waals surface area contributed by atoms with Gasteiger partial charge in [-0.15, -0.1) is 0 Å². The third kappa shape index (κ3) is 3.66. The number of carbonyl (C=O) groups is 1. The first kappa shape index (κ1) is 17.0. The number of nitrogens with zero attached hydrogens (tertiary/aromatic N) is 2. The molecule has 7 nitrogen and oxygen atoms in total. The van der Waals surface area contributed by atoms with Crippen LogP contribution in [0.4, 0.5) is 0 Å². The van der Waals surface area contributed by atoms with Crippen molar-refractivity contribution in [3.8, 4) is 11.5 Å². The Morgan fingerprint density at radius 1 is 1.32 bits per heavy atom. The zero-order valence-corrected chi connectivity index (χ0v) is 14.5. The molecule has 132 valence electrons. The number of aryl methyl sites for hydroxylation is 1. The monoisotopic (exact) mass is 343 g/mol. The number of aromatic nitrogens is 1. The van der Waals surface area contributed by atoms with Crippen LogP contribution in [0, 0.1) is 13.8 Å². The van der Waals surface area contributed by atoms with Crippen molar-refractivity contribution in [2.24, 2.45) is 5.10 Å². The zero-order valence-electron chi connectivity index (χ0n) is 14.5. The lowest BCUT2D eigenvalue weighted by atomic mass is 10.2. The number of ether oxygens (including phenoxy) is 3. The summed E-state index contributed by atoms with van der Waals surface area (Å²) >= 11 is 0. The van der Waals surface area contributed by atoms with Crippen molar-refractivity contribution in [1.82, 2.24) is 9.99 Å². The number of amides is 1. The Morgan fingerprint density at radius 3 is 2.92 bits per heavy atom. The van der Waals surface area contributed by atoms with Gasteiger partial charge in [0.2, 0.25) is 6.79 Å². The van der Waals surface area contributed by atoms with Crippen LogP contribution >= 0.6 is 0 Å². The Balaban J connectivity index is 1.66. The minimum Gasteiger partial charge on any atom is -0.454 e. The maximum atomic E-state index is 12.2. The van der Waals surface area contributed by atoms with Crippen molar-refractivity contribution < 1.29 is 19.0 Å². The van der Waals surface area contributed by atoms with E-state index in [0.29, 0.717) is 23.7 Å². The first-order chi connectivity index (χ1) is 12.1. The zero-order chi connectivity index (χ0) is 17.8. The highest BCUT2D eigenvalue weighted by Gasteiger charge is 2.16. The second-order valence-electron chi connectivity index (χ2n) is 5.74. The van der Waals surface area contributed by atoms with E-state index in [2.05, 4.69) is 15.1 Å². The van der Waals surface area contributed by atoms with Crippen molar-refractivity contribution in [3.05, 3.63) is 46.8 Å². The van der Waals surface area contributed by atoms with E-state index in [4.69, 9.17) is 14.2 Å². The predicted molar refractivity (Wildman–Crippen MR) is 93.4 cm³/mol. The standard InChI is InChI=1S/C18H21N3O4/c1-12-8-15(13(2)21(12)6-7-23-3)10-19-20-18(22)14-4-5-16-17(9-14)25-11-24-16/h4-5,8-10H,6-7,11H2,1-3H3,(H,20,22)/b19-10-. The average Bonchev–Trinajstić information content (AvgIpc) is 3.17. The minimum atomic E-state index is -0.303. The van der Waals surface area contributed by atoms with Crippen LogP contribution in [0.1, 0.15) is 27.3 Å². The van der Waals surface area contributed by atoms with Gasteiger partial charge in [0.25, 0.3) is 5.91 Å². The highest BCUT2D eigenvalue weighted by Crippen LogP contribution is 2.32. The minimum absolute atomic E-state index is 0.178. The van der Waals surface area contributed by atoms with Gasteiger partial charge >= 0.3 is 0 Å². The number of fused-ring (bicyclic) bond motifs is 1. The Labute approximate surface area is 146 Å². The van der Waals surface area contributed by atoms with Crippen LogP contribution in [0.25, 0.3) is 0 Å². The van der Waals surface area contributed by atoms with Crippen LogP contribution in [0.15, 0.2) is 29.4 Å². The number of rotatable bonds is 6. The number of nitrogens with one attached hydrogen (secondary N) is 1. The van der Waals surface area contributed by atoms with E-state index in [0.717, 1.165) is 23.5 Å². The number of methoxy groups -OCH3 is 1. The molecule has 0 bridgehead atoms. The predicted octanol–water partition coefficient (Wildman–Crippen LogP) is 2.24. The third-order valence-electron chi connectivity index (χ3n) is 4.14. The van der Waals surface area contributed by atoms with Gasteiger partial charge in [0.1, 0.15) is 0 Å². The van der Waals surface area contributed by atoms with Crippen LogP contribution < -0.4 is 14.9 Å². The molecule has 0 saturated carbocycles. The van der Waals surface area contributed by atoms with Crippen LogP contribution in [-0.2, 0) is 11.3 Å². The van der Waals surface area contributed by atoms with Crippen molar-refractivity contribution in [1.29, 1.82) is 0 Å². The molecule has 0 radical (unpaired) electrons. The molecule has 0 aliphatic carbocycles. The molecule has 0 saturated heterocycles. The molecule has 7 heteroatoms. The van der Waals surface area contributed by atoms with Gasteiger partial charge in [-0.2, -0.15) is 5.10 Å². The van der Waals surface area contributed by atoms with Gasteiger partial charge < -0.3 is 18.8 Å². The Morgan fingerprint density at radius 2 is 2.12 bits per heavy atom. The summed E-state index contributed by atoms with van der Waals surface area (Å²) in [5.41, 5.74) is 6.16. The molecule has 0 spiro atoms. The second kappa shape index (κ2) is 7.40. The third-order valence-corrected chi connectivity index (χ3v) is 4.14. The number of benzene rings is 1. The summed E-state index contributed by atoms with van der Waals surface area (Å²) in [6.07, 6.45) is 1.65. The SMILES string of the molecule is COCCn1c(C)cc(/C=N\NC(=O)c2ccc3c(c2)OCO3)c1C. The van der Waals surface area contributed by atoms with Gasteiger partial charge in [-0.1, -0.05) is 0 Å². The summed E-state index contributed by atoms with van der Waals surface area (Å²) in [7, 11) is 1.68. The van der Waals surface area contributed by atoms with Crippen molar-refractivity contribution >= 4 is 12.1 Å². The number of hydrogen-bond acceptors (Lipinski definition) is 5. The number of hydrogen-bond donors (Lipinski definition) is 1. The van der Waals surface area contributed by atoms with E-state index < -0.39 is 0 Å². The smallest absolute Gasteiger partial charge is 0.271 e. The molecular formula is C18H21N3O4. The second-order valence-corrected chi connectivity index (χ2v) is 5.74. The molecule has 1 aliphatic rings. The molecule has 1 N–H and O–H groups in total. The van der Waals surface area contributed by atoms with Gasteiger partial charge in [0, 0.05) is 36.2 Å². The van der Waals surface area contributed by atoms with Crippen LogP contribution in [0.5, 0.6) is 11.5 Å². The fourth-order valence-corrected chi connectivity index (χ4v) is 2.75. The number of hydrazone groups is 1. The lowest BCUT2D eigenvalue weighted by Gasteiger charge is -2.08. The van der Waals surface area contributed by atoms with E-state index in [1.165, 1.54) is 0 Å². The Kier molecular flexibility index (Phi) is 5.04. The van der Waals surface area contributed by atoms with Gasteiger partial charge in [0.05, 0.1) is 12.8 Å². The Hall–Kier alpha value is -2.80. The molecule has 2 aromatic rings. The van der Waals surface area contributed by atoms with E-state index in [1.54, 1.807) is 31.5 Å². The van der Waals surface area contributed by atoms with Gasteiger partial charge in [-0.3, -0.25) is 4.79 Å². The van der Waals surface area contributed by atoms with E-state index in [-0.39, 0.29) is 12.7 Å². The average molecular weight is 343 g/mol. The molecule has 2 heterocycles. The molecular weight excluding hydrogens is 322 g/mol. The summed E-state index contributed by atoms with van der Waals surface area (Å²) in [5, 5.41) is 4.07. The molecule has 1 aromatic heterocycles. The number of carbonyl (C=O) groups excluding carboxylic acids is 1. The quantitative estimate of drug-likeness (QED) is 0.645. The van der Waals surface area contributed by atoms with E-state index in [1.807, 2.05) is 19.9 Å².